The Morgan fingerprint density at radius 2 is 1.59 bits per heavy atom. The van der Waals surface area contributed by atoms with Crippen LogP contribution < -0.4 is 4.90 Å². The summed E-state index contributed by atoms with van der Waals surface area (Å²) in [6.07, 6.45) is -4.37. The van der Waals surface area contributed by atoms with Crippen LogP contribution in [0.15, 0.2) is 60.7 Å². The van der Waals surface area contributed by atoms with Gasteiger partial charge in [-0.3, -0.25) is 0 Å². The van der Waals surface area contributed by atoms with Crippen LogP contribution in [0.5, 0.6) is 0 Å². The highest BCUT2D eigenvalue weighted by Crippen LogP contribution is 2.39. The average molecular weight is 405 g/mol. The summed E-state index contributed by atoms with van der Waals surface area (Å²) in [5.41, 5.74) is 1.83. The molecule has 1 aliphatic rings. The molecule has 0 aliphatic carbocycles. The first kappa shape index (κ1) is 18.0. The van der Waals surface area contributed by atoms with Crippen LogP contribution in [0.1, 0.15) is 16.0 Å². The van der Waals surface area contributed by atoms with Crippen molar-refractivity contribution >= 4 is 38.0 Å². The quantitative estimate of drug-likeness (QED) is 0.542. The minimum Gasteiger partial charge on any atom is -0.351 e. The fourth-order valence-electron chi connectivity index (χ4n) is 2.90. The second-order valence-corrected chi connectivity index (χ2v) is 8.07. The van der Waals surface area contributed by atoms with Gasteiger partial charge in [0.05, 0.1) is 16.1 Å². The van der Waals surface area contributed by atoms with E-state index in [0.717, 1.165) is 44.1 Å². The van der Waals surface area contributed by atoms with Gasteiger partial charge in [-0.25, -0.2) is 0 Å². The van der Waals surface area contributed by atoms with Crippen LogP contribution in [-0.2, 0) is 6.18 Å². The highest BCUT2D eigenvalue weighted by Gasteiger charge is 2.30. The van der Waals surface area contributed by atoms with Gasteiger partial charge in [-0.05, 0) is 23.8 Å². The van der Waals surface area contributed by atoms with Gasteiger partial charge in [-0.15, -0.1) is 11.3 Å². The van der Waals surface area contributed by atoms with Gasteiger partial charge in [-0.2, -0.15) is 13.2 Å². The first-order chi connectivity index (χ1) is 12.8. The molecular weight excluding hydrogens is 391 g/mol. The lowest BCUT2D eigenvalue weighted by Gasteiger charge is -2.24. The van der Waals surface area contributed by atoms with Crippen molar-refractivity contribution in [3.8, 4) is 10.4 Å². The van der Waals surface area contributed by atoms with Gasteiger partial charge in [0.15, 0.2) is 0 Å². The molecule has 0 amide bonds. The van der Waals surface area contributed by atoms with Gasteiger partial charge in [-0.1, -0.05) is 53.4 Å². The van der Waals surface area contributed by atoms with Crippen molar-refractivity contribution in [2.75, 3.05) is 11.9 Å². The normalized spacial score (nSPS) is 14.2. The zero-order valence-electron chi connectivity index (χ0n) is 14.1. The number of fused-ring (bicyclic) bond motifs is 1. The molecule has 1 N–H and O–H groups in total. The fraction of sp³-hybridized carbons (Fsp3) is 0.100. The molecule has 1 aliphatic heterocycles. The fourth-order valence-corrected chi connectivity index (χ4v) is 5.05. The lowest BCUT2D eigenvalue weighted by molar-refractivity contribution is -0.137. The Bertz CT molecular complexity index is 1060. The smallest absolute Gasteiger partial charge is 0.351 e. The molecule has 2 nitrogen and oxygen atoms in total. The first-order valence-corrected chi connectivity index (χ1v) is 9.69. The maximum absolute atomic E-state index is 12.8. The molecule has 2 heterocycles. The highest BCUT2D eigenvalue weighted by molar-refractivity contribution is 7.99. The summed E-state index contributed by atoms with van der Waals surface area (Å²) in [7, 11) is 3.01. The molecule has 27 heavy (non-hydrogen) atoms. The molecular formula is C20H14F3NOS2. The lowest BCUT2D eigenvalue weighted by Crippen LogP contribution is -2.29. The third-order valence-corrected chi connectivity index (χ3v) is 6.69. The van der Waals surface area contributed by atoms with E-state index in [1.54, 1.807) is 0 Å². The predicted octanol–water partition coefficient (Wildman–Crippen LogP) is 5.83. The summed E-state index contributed by atoms with van der Waals surface area (Å²) in [6.45, 7) is 0. The molecule has 138 valence electrons. The molecule has 0 saturated heterocycles. The van der Waals surface area contributed by atoms with Gasteiger partial charge >= 0.3 is 6.18 Å². The Balaban J connectivity index is 1.74. The van der Waals surface area contributed by atoms with Crippen LogP contribution in [0.4, 0.5) is 18.9 Å². The molecule has 0 unspecified atom stereocenters. The Labute approximate surface area is 161 Å². The van der Waals surface area contributed by atoms with E-state index in [2.05, 4.69) is 0 Å². The molecule has 1 aromatic heterocycles. The number of hydrogen-bond acceptors (Lipinski definition) is 2. The zero-order chi connectivity index (χ0) is 19.2. The number of anilines is 1. The summed E-state index contributed by atoms with van der Waals surface area (Å²) in [4.78, 5) is 4.38. The highest BCUT2D eigenvalue weighted by atomic mass is 32.1. The maximum Gasteiger partial charge on any atom is 0.416 e. The van der Waals surface area contributed by atoms with E-state index in [4.69, 9.17) is 0 Å². The van der Waals surface area contributed by atoms with Crippen molar-refractivity contribution in [3.63, 3.8) is 0 Å². The minimum absolute atomic E-state index is 0.158. The second kappa shape index (κ2) is 6.67. The molecule has 7 heteroatoms. The molecule has 0 fully saturated rings. The van der Waals surface area contributed by atoms with Crippen molar-refractivity contribution in [3.05, 3.63) is 76.7 Å². The largest absolute Gasteiger partial charge is 0.416 e. The van der Waals surface area contributed by atoms with E-state index in [0.29, 0.717) is 10.6 Å². The summed E-state index contributed by atoms with van der Waals surface area (Å²) in [5.74, 6) is 0. The van der Waals surface area contributed by atoms with E-state index in [1.165, 1.54) is 23.5 Å². The number of alkyl halides is 3. The Morgan fingerprint density at radius 3 is 2.22 bits per heavy atom. The van der Waals surface area contributed by atoms with Crippen LogP contribution in [0.2, 0.25) is 0 Å². The summed E-state index contributed by atoms with van der Waals surface area (Å²) >= 11 is 1.49. The topological polar surface area (TPSA) is 23.5 Å². The van der Waals surface area contributed by atoms with Gasteiger partial charge in [0, 0.05) is 17.5 Å². The van der Waals surface area contributed by atoms with E-state index in [9.17, 15) is 18.3 Å². The zero-order valence-corrected chi connectivity index (χ0v) is 15.8. The third-order valence-electron chi connectivity index (χ3n) is 4.28. The minimum atomic E-state index is -4.37. The molecule has 3 aromatic rings. The number of nitrogens with zero attached hydrogens (tertiary/aromatic N) is 1. The Kier molecular flexibility index (Phi) is 4.46. The maximum atomic E-state index is 12.8. The van der Waals surface area contributed by atoms with E-state index < -0.39 is 11.7 Å². The summed E-state index contributed by atoms with van der Waals surface area (Å²) < 4.78 is 38.4. The van der Waals surface area contributed by atoms with Crippen molar-refractivity contribution in [1.29, 1.82) is 0 Å². The summed E-state index contributed by atoms with van der Waals surface area (Å²) in [5, 5.41) is 10.7. The van der Waals surface area contributed by atoms with Crippen molar-refractivity contribution in [2.24, 2.45) is 0 Å². The standard InChI is InChI=1S/C20H14F3NOS2/c1-24-15-11-16(12-5-3-2-4-6-12)26-17(15)19(25)27-18(24)13-7-9-14(10-8-13)20(21,22)23/h2-11,25H,1H3. The number of aliphatic hydroxyl groups is 1. The van der Waals surface area contributed by atoms with Gasteiger partial charge in [0.2, 0.25) is 0 Å². The van der Waals surface area contributed by atoms with Crippen LogP contribution in [0.25, 0.3) is 10.4 Å². The van der Waals surface area contributed by atoms with Gasteiger partial charge in [0.25, 0.3) is 0 Å². The van der Waals surface area contributed by atoms with Crippen LogP contribution in [0, 0.1) is 0 Å². The molecule has 0 radical (unpaired) electrons. The third kappa shape index (κ3) is 3.34. The van der Waals surface area contributed by atoms with Gasteiger partial charge < -0.3 is 10.0 Å². The van der Waals surface area contributed by atoms with Gasteiger partial charge in [0.1, 0.15) is 10.0 Å². The Morgan fingerprint density at radius 1 is 0.926 bits per heavy atom. The number of benzene rings is 2. The Hall–Kier alpha value is -2.35. The van der Waals surface area contributed by atoms with Crippen LogP contribution >= 0.6 is 22.3 Å². The molecule has 4 rings (SSSR count). The van der Waals surface area contributed by atoms with E-state index in [1.807, 2.05) is 48.3 Å². The number of rotatable bonds is 2. The van der Waals surface area contributed by atoms with E-state index >= 15 is 0 Å². The monoisotopic (exact) mass is 405 g/mol. The van der Waals surface area contributed by atoms with E-state index in [-0.39, 0.29) is 5.05 Å². The molecule has 0 saturated carbocycles. The summed E-state index contributed by atoms with van der Waals surface area (Å²) in [6, 6.07) is 16.8. The molecule has 0 bridgehead atoms. The second-order valence-electron chi connectivity index (χ2n) is 6.04. The lowest BCUT2D eigenvalue weighted by atomic mass is 10.1. The number of aliphatic hydroxyl groups excluding tert-OH is 1. The SMILES string of the molecule is CN1C(c2ccc(C(F)(F)F)cc2)=S=C(O)c2sc(-c3ccccc3)cc21. The van der Waals surface area contributed by atoms with Crippen molar-refractivity contribution in [2.45, 2.75) is 6.18 Å². The average Bonchev–Trinajstić information content (AvgIpc) is 3.11. The predicted molar refractivity (Wildman–Crippen MR) is 108 cm³/mol. The molecule has 0 spiro atoms. The molecule has 0 atom stereocenters. The molecule has 2 aromatic carbocycles. The number of hydrogen-bond donors (Lipinski definition) is 1. The van der Waals surface area contributed by atoms with Crippen molar-refractivity contribution < 1.29 is 18.3 Å². The number of halogens is 3. The van der Waals surface area contributed by atoms with Crippen LogP contribution in [-0.4, -0.2) is 22.2 Å². The van der Waals surface area contributed by atoms with Crippen molar-refractivity contribution in [1.82, 2.24) is 0 Å². The number of thiophene rings is 1. The van der Waals surface area contributed by atoms with Crippen LogP contribution in [0.3, 0.4) is 0 Å². The first-order valence-electron chi connectivity index (χ1n) is 8.06.